The maximum atomic E-state index is 12.0. The number of amides is 1. The number of thiazole rings is 1. The highest BCUT2D eigenvalue weighted by Crippen LogP contribution is 2.31. The fourth-order valence-electron chi connectivity index (χ4n) is 2.33. The number of nitrogens with one attached hydrogen (secondary N) is 1. The molecule has 0 unspecified atom stereocenters. The minimum atomic E-state index is -0.291. The molecule has 1 amide bonds. The highest BCUT2D eigenvalue weighted by atomic mass is 32.1. The lowest BCUT2D eigenvalue weighted by atomic mass is 10.2. The summed E-state index contributed by atoms with van der Waals surface area (Å²) in [4.78, 5) is 17.0. The molecule has 0 radical (unpaired) electrons. The molecule has 1 aliphatic rings. The fraction of sp³-hybridized carbons (Fsp3) is 0.188. The van der Waals surface area contributed by atoms with E-state index in [4.69, 9.17) is 9.47 Å². The molecule has 0 saturated heterocycles. The molecule has 0 bridgehead atoms. The zero-order valence-corrected chi connectivity index (χ0v) is 13.7. The van der Waals surface area contributed by atoms with Gasteiger partial charge in [-0.3, -0.25) is 10.1 Å². The molecule has 0 atom stereocenters. The first-order chi connectivity index (χ1) is 11.7. The van der Waals surface area contributed by atoms with Crippen LogP contribution in [0.1, 0.15) is 11.3 Å². The third kappa shape index (κ3) is 2.83. The van der Waals surface area contributed by atoms with Crippen LogP contribution in [0.25, 0.3) is 11.0 Å². The second-order valence-corrected chi connectivity index (χ2v) is 6.07. The number of nitrogens with zero attached hydrogens (tertiary/aromatic N) is 3. The van der Waals surface area contributed by atoms with E-state index in [1.165, 1.54) is 17.4 Å². The number of benzene rings is 1. The van der Waals surface area contributed by atoms with Crippen LogP contribution in [-0.4, -0.2) is 33.7 Å². The summed E-state index contributed by atoms with van der Waals surface area (Å²) >= 11 is 1.48. The second-order valence-electron chi connectivity index (χ2n) is 5.23. The predicted molar refractivity (Wildman–Crippen MR) is 90.7 cm³/mol. The van der Waals surface area contributed by atoms with Crippen molar-refractivity contribution in [2.45, 2.75) is 6.92 Å². The molecule has 0 fully saturated rings. The number of anilines is 1. The Morgan fingerprint density at radius 3 is 3.00 bits per heavy atom. The lowest BCUT2D eigenvalue weighted by Gasteiger charge is -2.18. The number of aryl methyl sites for hydroxylation is 1. The average molecular weight is 342 g/mol. The van der Waals surface area contributed by atoms with Crippen LogP contribution in [0.15, 0.2) is 29.7 Å². The van der Waals surface area contributed by atoms with Crippen LogP contribution in [0.2, 0.25) is 0 Å². The SMILES string of the molecule is Cc1csc2nc(NC(=O)/C=C\c3ccc4c(c3)OCCO4)nn12. The normalized spacial score (nSPS) is 13.5. The van der Waals surface area contributed by atoms with Crippen LogP contribution >= 0.6 is 11.3 Å². The van der Waals surface area contributed by atoms with Gasteiger partial charge in [-0.05, 0) is 30.7 Å². The minimum Gasteiger partial charge on any atom is -0.486 e. The van der Waals surface area contributed by atoms with Gasteiger partial charge in [-0.1, -0.05) is 6.07 Å². The Bertz CT molecular complexity index is 944. The van der Waals surface area contributed by atoms with Gasteiger partial charge in [0.1, 0.15) is 13.2 Å². The summed E-state index contributed by atoms with van der Waals surface area (Å²) in [6, 6.07) is 5.54. The molecule has 3 heterocycles. The number of aromatic nitrogens is 3. The van der Waals surface area contributed by atoms with Gasteiger partial charge in [-0.15, -0.1) is 16.4 Å². The third-order valence-corrected chi connectivity index (χ3v) is 4.41. The summed E-state index contributed by atoms with van der Waals surface area (Å²) in [5, 5.41) is 8.86. The van der Waals surface area contributed by atoms with Gasteiger partial charge in [0.05, 0.1) is 5.69 Å². The maximum absolute atomic E-state index is 12.0. The van der Waals surface area contributed by atoms with Crippen LogP contribution < -0.4 is 14.8 Å². The van der Waals surface area contributed by atoms with E-state index in [-0.39, 0.29) is 5.91 Å². The van der Waals surface area contributed by atoms with Crippen molar-refractivity contribution in [3.8, 4) is 11.5 Å². The molecule has 3 aromatic rings. The molecule has 4 rings (SSSR count). The lowest BCUT2D eigenvalue weighted by Crippen LogP contribution is -2.15. The molecule has 2 aromatic heterocycles. The summed E-state index contributed by atoms with van der Waals surface area (Å²) in [6.07, 6.45) is 3.14. The molecule has 1 aromatic carbocycles. The summed E-state index contributed by atoms with van der Waals surface area (Å²) < 4.78 is 12.7. The molecule has 122 valence electrons. The Morgan fingerprint density at radius 2 is 2.17 bits per heavy atom. The summed E-state index contributed by atoms with van der Waals surface area (Å²) in [6.45, 7) is 3.02. The van der Waals surface area contributed by atoms with Crippen molar-refractivity contribution in [2.75, 3.05) is 18.5 Å². The highest BCUT2D eigenvalue weighted by Gasteiger charge is 2.11. The Balaban J connectivity index is 1.46. The average Bonchev–Trinajstić information content (AvgIpc) is 3.14. The molecule has 1 N–H and O–H groups in total. The molecule has 24 heavy (non-hydrogen) atoms. The van der Waals surface area contributed by atoms with Gasteiger partial charge in [0.2, 0.25) is 4.96 Å². The van der Waals surface area contributed by atoms with E-state index in [0.717, 1.165) is 22.0 Å². The first-order valence-corrected chi connectivity index (χ1v) is 8.26. The van der Waals surface area contributed by atoms with Gasteiger partial charge in [0.25, 0.3) is 11.9 Å². The van der Waals surface area contributed by atoms with E-state index < -0.39 is 0 Å². The van der Waals surface area contributed by atoms with Gasteiger partial charge in [-0.2, -0.15) is 4.98 Å². The molecule has 7 nitrogen and oxygen atoms in total. The van der Waals surface area contributed by atoms with Crippen LogP contribution in [0, 0.1) is 6.92 Å². The Kier molecular flexibility index (Phi) is 3.66. The molecular formula is C16H14N4O3S. The molecule has 0 saturated carbocycles. The first-order valence-electron chi connectivity index (χ1n) is 7.38. The van der Waals surface area contributed by atoms with Crippen LogP contribution in [0.3, 0.4) is 0 Å². The quantitative estimate of drug-likeness (QED) is 0.740. The topological polar surface area (TPSA) is 77.8 Å². The van der Waals surface area contributed by atoms with E-state index >= 15 is 0 Å². The summed E-state index contributed by atoms with van der Waals surface area (Å²) in [7, 11) is 0. The standard InChI is InChI=1S/C16H14N4O3S/c1-10-9-24-16-18-15(19-20(10)16)17-14(21)5-3-11-2-4-12-13(8-11)23-7-6-22-12/h2-5,8-9H,6-7H2,1H3,(H,17,19,21)/b5-3-. The largest absolute Gasteiger partial charge is 0.486 e. The third-order valence-electron chi connectivity index (χ3n) is 3.47. The van der Waals surface area contributed by atoms with Gasteiger partial charge in [-0.25, -0.2) is 4.52 Å². The zero-order valence-electron chi connectivity index (χ0n) is 12.9. The van der Waals surface area contributed by atoms with Crippen LogP contribution in [0.4, 0.5) is 5.95 Å². The number of hydrogen-bond acceptors (Lipinski definition) is 6. The predicted octanol–water partition coefficient (Wildman–Crippen LogP) is 2.52. The number of fused-ring (bicyclic) bond motifs is 2. The second kappa shape index (κ2) is 5.97. The van der Waals surface area contributed by atoms with Gasteiger partial charge in [0.15, 0.2) is 11.5 Å². The smallest absolute Gasteiger partial charge is 0.250 e. The molecule has 8 heteroatoms. The maximum Gasteiger partial charge on any atom is 0.250 e. The minimum absolute atomic E-state index is 0.291. The first kappa shape index (κ1) is 14.7. The zero-order chi connectivity index (χ0) is 16.5. The van der Waals surface area contributed by atoms with E-state index in [1.807, 2.05) is 30.5 Å². The van der Waals surface area contributed by atoms with Crippen molar-refractivity contribution in [1.29, 1.82) is 0 Å². The van der Waals surface area contributed by atoms with Crippen LogP contribution in [0.5, 0.6) is 11.5 Å². The van der Waals surface area contributed by atoms with E-state index in [2.05, 4.69) is 15.4 Å². The Morgan fingerprint density at radius 1 is 1.33 bits per heavy atom. The summed E-state index contributed by atoms with van der Waals surface area (Å²) in [5.41, 5.74) is 1.83. The van der Waals surface area contributed by atoms with E-state index in [1.54, 1.807) is 10.6 Å². The van der Waals surface area contributed by atoms with E-state index in [9.17, 15) is 4.79 Å². The Labute approximate surface area is 141 Å². The number of carbonyl (C=O) groups is 1. The summed E-state index contributed by atoms with van der Waals surface area (Å²) in [5.74, 6) is 1.42. The number of ether oxygens (including phenoxy) is 2. The fourth-order valence-corrected chi connectivity index (χ4v) is 3.13. The van der Waals surface area contributed by atoms with Crippen LogP contribution in [-0.2, 0) is 4.79 Å². The highest BCUT2D eigenvalue weighted by molar-refractivity contribution is 7.15. The monoisotopic (exact) mass is 342 g/mol. The van der Waals surface area contributed by atoms with Crippen molar-refractivity contribution in [3.05, 3.63) is 40.9 Å². The Hall–Kier alpha value is -2.87. The molecular weight excluding hydrogens is 328 g/mol. The van der Waals surface area contributed by atoms with Crippen molar-refractivity contribution in [3.63, 3.8) is 0 Å². The van der Waals surface area contributed by atoms with Gasteiger partial charge in [0, 0.05) is 11.5 Å². The lowest BCUT2D eigenvalue weighted by molar-refractivity contribution is -0.111. The molecule has 0 spiro atoms. The molecule has 0 aliphatic carbocycles. The van der Waals surface area contributed by atoms with Gasteiger partial charge < -0.3 is 9.47 Å². The number of rotatable bonds is 3. The van der Waals surface area contributed by atoms with Crippen molar-refractivity contribution in [1.82, 2.24) is 14.6 Å². The van der Waals surface area contributed by atoms with E-state index in [0.29, 0.717) is 24.9 Å². The number of hydrogen-bond donors (Lipinski definition) is 1. The van der Waals surface area contributed by atoms with Gasteiger partial charge >= 0.3 is 0 Å². The van der Waals surface area contributed by atoms with Crippen molar-refractivity contribution in [2.24, 2.45) is 0 Å². The van der Waals surface area contributed by atoms with Crippen molar-refractivity contribution < 1.29 is 14.3 Å². The van der Waals surface area contributed by atoms with Crippen molar-refractivity contribution >= 4 is 34.2 Å². The molecule has 1 aliphatic heterocycles. The number of carbonyl (C=O) groups excluding carboxylic acids is 1.